The number of rotatable bonds is 1. The number of anilines is 1. The van der Waals surface area contributed by atoms with Crippen LogP contribution in [0, 0.1) is 0 Å². The Bertz CT molecular complexity index is 588. The summed E-state index contributed by atoms with van der Waals surface area (Å²) in [4.78, 5) is 18.0. The number of hydrogen-bond acceptors (Lipinski definition) is 5. The maximum atomic E-state index is 11.9. The molecule has 1 aliphatic heterocycles. The van der Waals surface area contributed by atoms with Crippen molar-refractivity contribution in [2.45, 2.75) is 0 Å². The molecule has 0 radical (unpaired) electrons. The van der Waals surface area contributed by atoms with Gasteiger partial charge in [-0.2, -0.15) is 0 Å². The fourth-order valence-corrected chi connectivity index (χ4v) is 2.08. The number of nitrogens with one attached hydrogen (secondary N) is 1. The summed E-state index contributed by atoms with van der Waals surface area (Å²) in [6.07, 6.45) is 3.33. The first-order valence-corrected chi connectivity index (χ1v) is 5.68. The molecular formula is C12H13N3O2. The Morgan fingerprint density at radius 3 is 3.00 bits per heavy atom. The van der Waals surface area contributed by atoms with Gasteiger partial charge in [0.05, 0.1) is 0 Å². The van der Waals surface area contributed by atoms with E-state index in [1.807, 2.05) is 6.07 Å². The Labute approximate surface area is 98.1 Å². The van der Waals surface area contributed by atoms with Gasteiger partial charge in [-0.1, -0.05) is 0 Å². The molecule has 0 aromatic carbocycles. The zero-order chi connectivity index (χ0) is 11.7. The minimum absolute atomic E-state index is 0.273. The van der Waals surface area contributed by atoms with Crippen LogP contribution < -0.4 is 15.8 Å². The van der Waals surface area contributed by atoms with Crippen molar-refractivity contribution in [2.24, 2.45) is 0 Å². The summed E-state index contributed by atoms with van der Waals surface area (Å²) >= 11 is 0. The van der Waals surface area contributed by atoms with E-state index in [4.69, 9.17) is 4.42 Å². The van der Waals surface area contributed by atoms with Crippen molar-refractivity contribution in [2.75, 3.05) is 31.1 Å². The zero-order valence-electron chi connectivity index (χ0n) is 9.35. The minimum atomic E-state index is -0.273. The highest BCUT2D eigenvalue weighted by molar-refractivity contribution is 5.78. The average molecular weight is 231 g/mol. The first-order valence-electron chi connectivity index (χ1n) is 5.68. The largest absolute Gasteiger partial charge is 0.421 e. The van der Waals surface area contributed by atoms with Crippen LogP contribution in [0.4, 0.5) is 5.69 Å². The van der Waals surface area contributed by atoms with E-state index in [0.717, 1.165) is 31.6 Å². The highest BCUT2D eigenvalue weighted by Crippen LogP contribution is 2.17. The molecular weight excluding hydrogens is 218 g/mol. The quantitative estimate of drug-likeness (QED) is 0.778. The molecule has 88 valence electrons. The van der Waals surface area contributed by atoms with Gasteiger partial charge in [0.1, 0.15) is 11.3 Å². The monoisotopic (exact) mass is 231 g/mol. The van der Waals surface area contributed by atoms with Gasteiger partial charge in [-0.05, 0) is 12.1 Å². The van der Waals surface area contributed by atoms with Gasteiger partial charge >= 0.3 is 5.63 Å². The van der Waals surface area contributed by atoms with E-state index in [1.54, 1.807) is 18.5 Å². The van der Waals surface area contributed by atoms with Crippen LogP contribution in [0.15, 0.2) is 33.7 Å². The fraction of sp³-hybridized carbons (Fsp3) is 0.333. The molecule has 17 heavy (non-hydrogen) atoms. The summed E-state index contributed by atoms with van der Waals surface area (Å²) in [5.41, 5.74) is 0.946. The SMILES string of the molecule is O=c1oc2ccncc2cc1N1CCNCC1. The highest BCUT2D eigenvalue weighted by atomic mass is 16.4. The maximum Gasteiger partial charge on any atom is 0.360 e. The van der Waals surface area contributed by atoms with Crippen LogP contribution in [0.2, 0.25) is 0 Å². The van der Waals surface area contributed by atoms with E-state index in [9.17, 15) is 4.79 Å². The molecule has 2 aromatic heterocycles. The summed E-state index contributed by atoms with van der Waals surface area (Å²) < 4.78 is 5.29. The third kappa shape index (κ3) is 1.89. The van der Waals surface area contributed by atoms with E-state index in [2.05, 4.69) is 15.2 Å². The van der Waals surface area contributed by atoms with Crippen molar-refractivity contribution in [3.63, 3.8) is 0 Å². The number of aromatic nitrogens is 1. The predicted octanol–water partition coefficient (Wildman–Crippen LogP) is 0.598. The summed E-state index contributed by atoms with van der Waals surface area (Å²) in [5, 5.41) is 4.12. The van der Waals surface area contributed by atoms with E-state index in [1.165, 1.54) is 0 Å². The first-order chi connectivity index (χ1) is 8.34. The molecule has 5 heteroatoms. The van der Waals surface area contributed by atoms with E-state index in [-0.39, 0.29) is 5.63 Å². The predicted molar refractivity (Wildman–Crippen MR) is 65.4 cm³/mol. The Balaban J connectivity index is 2.09. The number of piperazine rings is 1. The van der Waals surface area contributed by atoms with Crippen molar-refractivity contribution in [1.29, 1.82) is 0 Å². The molecule has 3 heterocycles. The van der Waals surface area contributed by atoms with Crippen molar-refractivity contribution in [3.8, 4) is 0 Å². The average Bonchev–Trinajstić information content (AvgIpc) is 2.39. The number of nitrogens with zero attached hydrogens (tertiary/aromatic N) is 2. The lowest BCUT2D eigenvalue weighted by atomic mass is 10.2. The number of hydrogen-bond donors (Lipinski definition) is 1. The Kier molecular flexibility index (Phi) is 2.53. The summed E-state index contributed by atoms with van der Waals surface area (Å²) in [6, 6.07) is 3.57. The molecule has 0 bridgehead atoms. The molecule has 1 aliphatic rings. The lowest BCUT2D eigenvalue weighted by Gasteiger charge is -2.28. The maximum absolute atomic E-state index is 11.9. The number of fused-ring (bicyclic) bond motifs is 1. The normalized spacial score (nSPS) is 16.4. The molecule has 1 N–H and O–H groups in total. The molecule has 0 spiro atoms. The summed E-state index contributed by atoms with van der Waals surface area (Å²) in [6.45, 7) is 3.45. The van der Waals surface area contributed by atoms with E-state index >= 15 is 0 Å². The van der Waals surface area contributed by atoms with Crippen LogP contribution in [0.1, 0.15) is 0 Å². The van der Waals surface area contributed by atoms with Gasteiger partial charge in [-0.15, -0.1) is 0 Å². The van der Waals surface area contributed by atoms with Crippen LogP contribution in [-0.2, 0) is 0 Å². The standard InChI is InChI=1S/C12H13N3O2/c16-12-10(15-5-3-13-4-6-15)7-9-8-14-2-1-11(9)17-12/h1-2,7-8,13H,3-6H2. The Morgan fingerprint density at radius 2 is 2.18 bits per heavy atom. The van der Waals surface area contributed by atoms with Crippen molar-refractivity contribution in [1.82, 2.24) is 10.3 Å². The highest BCUT2D eigenvalue weighted by Gasteiger charge is 2.15. The van der Waals surface area contributed by atoms with Crippen molar-refractivity contribution in [3.05, 3.63) is 34.9 Å². The number of pyridine rings is 1. The van der Waals surface area contributed by atoms with Crippen LogP contribution in [0.5, 0.6) is 0 Å². The van der Waals surface area contributed by atoms with Gasteiger partial charge in [-0.3, -0.25) is 4.98 Å². The topological polar surface area (TPSA) is 58.4 Å². The first kappa shape index (κ1) is 10.3. The minimum Gasteiger partial charge on any atom is -0.421 e. The molecule has 1 fully saturated rings. The lowest BCUT2D eigenvalue weighted by Crippen LogP contribution is -2.45. The molecule has 2 aromatic rings. The Morgan fingerprint density at radius 1 is 1.35 bits per heavy atom. The van der Waals surface area contributed by atoms with Gasteiger partial charge in [-0.25, -0.2) is 4.79 Å². The molecule has 0 saturated carbocycles. The molecule has 0 unspecified atom stereocenters. The van der Waals surface area contributed by atoms with Crippen molar-refractivity contribution >= 4 is 16.7 Å². The van der Waals surface area contributed by atoms with Crippen LogP contribution in [-0.4, -0.2) is 31.2 Å². The molecule has 0 atom stereocenters. The second-order valence-electron chi connectivity index (χ2n) is 4.07. The van der Waals surface area contributed by atoms with Gasteiger partial charge in [0, 0.05) is 44.0 Å². The third-order valence-electron chi connectivity index (χ3n) is 2.97. The van der Waals surface area contributed by atoms with E-state index < -0.39 is 0 Å². The second-order valence-corrected chi connectivity index (χ2v) is 4.07. The zero-order valence-corrected chi connectivity index (χ0v) is 9.35. The smallest absolute Gasteiger partial charge is 0.360 e. The molecule has 3 rings (SSSR count). The molecule has 5 nitrogen and oxygen atoms in total. The second kappa shape index (κ2) is 4.18. The van der Waals surface area contributed by atoms with Gasteiger partial charge in [0.2, 0.25) is 0 Å². The van der Waals surface area contributed by atoms with Gasteiger partial charge in [0.25, 0.3) is 0 Å². The lowest BCUT2D eigenvalue weighted by molar-refractivity contribution is 0.541. The van der Waals surface area contributed by atoms with Crippen LogP contribution >= 0.6 is 0 Å². The van der Waals surface area contributed by atoms with Gasteiger partial charge < -0.3 is 14.6 Å². The molecule has 0 amide bonds. The summed E-state index contributed by atoms with van der Waals surface area (Å²) in [5.74, 6) is 0. The Hall–Kier alpha value is -1.88. The van der Waals surface area contributed by atoms with Crippen molar-refractivity contribution < 1.29 is 4.42 Å². The van der Waals surface area contributed by atoms with E-state index in [0.29, 0.717) is 11.3 Å². The fourth-order valence-electron chi connectivity index (χ4n) is 2.08. The molecule has 1 saturated heterocycles. The van der Waals surface area contributed by atoms with Crippen LogP contribution in [0.25, 0.3) is 11.0 Å². The molecule has 0 aliphatic carbocycles. The third-order valence-corrected chi connectivity index (χ3v) is 2.97. The van der Waals surface area contributed by atoms with Crippen LogP contribution in [0.3, 0.4) is 0 Å². The summed E-state index contributed by atoms with van der Waals surface area (Å²) in [7, 11) is 0. The van der Waals surface area contributed by atoms with Gasteiger partial charge in [0.15, 0.2) is 0 Å².